The van der Waals surface area contributed by atoms with Crippen molar-refractivity contribution in [3.8, 4) is 0 Å². The first-order valence-electron chi connectivity index (χ1n) is 6.71. The maximum atomic E-state index is 12.3. The van der Waals surface area contributed by atoms with E-state index in [0.29, 0.717) is 0 Å². The minimum absolute atomic E-state index is 0.00444. The van der Waals surface area contributed by atoms with Crippen molar-refractivity contribution < 1.29 is 9.90 Å². The van der Waals surface area contributed by atoms with Gasteiger partial charge in [-0.05, 0) is 39.1 Å². The Hall–Kier alpha value is -0.580. The number of likely N-dealkylation sites (N-methyl/N-ethyl adjacent to an activating group) is 1. The highest BCUT2D eigenvalue weighted by Crippen LogP contribution is 2.37. The van der Waals surface area contributed by atoms with Gasteiger partial charge in [0.1, 0.15) is 0 Å². The van der Waals surface area contributed by atoms with E-state index in [1.165, 1.54) is 17.3 Å². The summed E-state index contributed by atoms with van der Waals surface area (Å²) in [5, 5.41) is 13.5. The van der Waals surface area contributed by atoms with Gasteiger partial charge in [0.15, 0.2) is 5.78 Å². The smallest absolute Gasteiger partial charge is 0.172 e. The highest BCUT2D eigenvalue weighted by atomic mass is 32.2. The average molecular weight is 283 g/mol. The molecule has 0 saturated carbocycles. The second-order valence-electron chi connectivity index (χ2n) is 5.29. The fourth-order valence-electron chi connectivity index (χ4n) is 2.61. The number of rotatable bonds is 5. The SMILES string of the molecule is CNC/C(C)=C/CC1C(C)C(=O)C(SC)=C(C)C1O. The lowest BCUT2D eigenvalue weighted by Crippen LogP contribution is -2.37. The quantitative estimate of drug-likeness (QED) is 0.761. The summed E-state index contributed by atoms with van der Waals surface area (Å²) in [6, 6.07) is 0. The first-order valence-corrected chi connectivity index (χ1v) is 7.93. The number of carbonyl (C=O) groups excluding carboxylic acids is 1. The number of aliphatic hydroxyl groups is 1. The first-order chi connectivity index (χ1) is 8.93. The van der Waals surface area contributed by atoms with Gasteiger partial charge >= 0.3 is 0 Å². The molecule has 0 amide bonds. The van der Waals surface area contributed by atoms with E-state index in [-0.39, 0.29) is 17.6 Å². The molecule has 3 nitrogen and oxygen atoms in total. The van der Waals surface area contributed by atoms with Crippen molar-refractivity contribution in [2.24, 2.45) is 11.8 Å². The third-order valence-corrected chi connectivity index (χ3v) is 4.82. The van der Waals surface area contributed by atoms with E-state index in [2.05, 4.69) is 18.3 Å². The molecule has 0 radical (unpaired) electrons. The second-order valence-corrected chi connectivity index (χ2v) is 6.11. The van der Waals surface area contributed by atoms with E-state index < -0.39 is 6.10 Å². The number of hydrogen-bond donors (Lipinski definition) is 2. The second kappa shape index (κ2) is 7.27. The van der Waals surface area contributed by atoms with Crippen LogP contribution in [0.1, 0.15) is 27.2 Å². The average Bonchev–Trinajstić information content (AvgIpc) is 2.37. The number of Topliss-reactive ketones (excluding diaryl/α,β-unsaturated/α-hetero) is 1. The van der Waals surface area contributed by atoms with Gasteiger partial charge in [-0.3, -0.25) is 4.79 Å². The fraction of sp³-hybridized carbons (Fsp3) is 0.667. The third-order valence-electron chi connectivity index (χ3n) is 3.89. The van der Waals surface area contributed by atoms with Gasteiger partial charge in [0.2, 0.25) is 0 Å². The number of ketones is 1. The molecule has 0 bridgehead atoms. The van der Waals surface area contributed by atoms with Gasteiger partial charge in [0, 0.05) is 18.4 Å². The lowest BCUT2D eigenvalue weighted by Gasteiger charge is -2.34. The van der Waals surface area contributed by atoms with Gasteiger partial charge in [0.25, 0.3) is 0 Å². The molecule has 0 aromatic heterocycles. The van der Waals surface area contributed by atoms with Gasteiger partial charge < -0.3 is 10.4 Å². The van der Waals surface area contributed by atoms with Crippen LogP contribution in [0.25, 0.3) is 0 Å². The van der Waals surface area contributed by atoms with Crippen LogP contribution in [0, 0.1) is 11.8 Å². The van der Waals surface area contributed by atoms with E-state index in [4.69, 9.17) is 0 Å². The number of hydrogen-bond acceptors (Lipinski definition) is 4. The van der Waals surface area contributed by atoms with Crippen molar-refractivity contribution in [3.63, 3.8) is 0 Å². The topological polar surface area (TPSA) is 49.3 Å². The molecule has 0 heterocycles. The summed E-state index contributed by atoms with van der Waals surface area (Å²) in [6.07, 6.45) is 4.27. The number of thioether (sulfide) groups is 1. The highest BCUT2D eigenvalue weighted by Gasteiger charge is 2.38. The van der Waals surface area contributed by atoms with Crippen LogP contribution in [0.3, 0.4) is 0 Å². The zero-order chi connectivity index (χ0) is 14.6. The molecule has 108 valence electrons. The fourth-order valence-corrected chi connectivity index (χ4v) is 3.44. The van der Waals surface area contributed by atoms with Crippen molar-refractivity contribution in [2.45, 2.75) is 33.3 Å². The lowest BCUT2D eigenvalue weighted by atomic mass is 9.76. The standard InChI is InChI=1S/C15H25NO2S/c1-9(8-16-4)6-7-12-10(2)14(18)15(19-5)11(3)13(12)17/h6,10,12-13,16-17H,7-8H2,1-5H3/b9-6+. The maximum Gasteiger partial charge on any atom is 0.172 e. The van der Waals surface area contributed by atoms with E-state index in [0.717, 1.165) is 23.4 Å². The van der Waals surface area contributed by atoms with Crippen LogP contribution in [0.2, 0.25) is 0 Å². The summed E-state index contributed by atoms with van der Waals surface area (Å²) < 4.78 is 0. The van der Waals surface area contributed by atoms with E-state index in [1.807, 2.05) is 27.2 Å². The molecule has 0 fully saturated rings. The molecule has 1 rings (SSSR count). The van der Waals surface area contributed by atoms with Crippen LogP contribution in [0.5, 0.6) is 0 Å². The molecule has 3 unspecified atom stereocenters. The predicted molar refractivity (Wildman–Crippen MR) is 82.2 cm³/mol. The molecule has 19 heavy (non-hydrogen) atoms. The van der Waals surface area contributed by atoms with E-state index in [9.17, 15) is 9.90 Å². The Balaban J connectivity index is 2.89. The van der Waals surface area contributed by atoms with Crippen LogP contribution in [0.4, 0.5) is 0 Å². The number of aliphatic hydroxyl groups excluding tert-OH is 1. The van der Waals surface area contributed by atoms with Crippen molar-refractivity contribution in [3.05, 3.63) is 22.1 Å². The molecule has 0 spiro atoms. The van der Waals surface area contributed by atoms with Crippen LogP contribution >= 0.6 is 11.8 Å². The van der Waals surface area contributed by atoms with Crippen molar-refractivity contribution in [1.29, 1.82) is 0 Å². The van der Waals surface area contributed by atoms with Crippen LogP contribution in [-0.4, -0.2) is 36.8 Å². The largest absolute Gasteiger partial charge is 0.388 e. The molecular formula is C15H25NO2S. The van der Waals surface area contributed by atoms with Gasteiger partial charge in [-0.25, -0.2) is 0 Å². The molecule has 1 aliphatic carbocycles. The molecule has 0 aromatic carbocycles. The van der Waals surface area contributed by atoms with E-state index >= 15 is 0 Å². The highest BCUT2D eigenvalue weighted by molar-refractivity contribution is 8.03. The minimum Gasteiger partial charge on any atom is -0.388 e. The van der Waals surface area contributed by atoms with Crippen LogP contribution < -0.4 is 5.32 Å². The molecule has 0 aromatic rings. The normalized spacial score (nSPS) is 29.1. The van der Waals surface area contributed by atoms with Crippen molar-refractivity contribution in [2.75, 3.05) is 19.8 Å². The summed E-state index contributed by atoms with van der Waals surface area (Å²) in [6.45, 7) is 6.71. The summed E-state index contributed by atoms with van der Waals surface area (Å²) >= 11 is 1.45. The Morgan fingerprint density at radius 3 is 2.68 bits per heavy atom. The van der Waals surface area contributed by atoms with Crippen LogP contribution in [-0.2, 0) is 4.79 Å². The lowest BCUT2D eigenvalue weighted by molar-refractivity contribution is -0.122. The van der Waals surface area contributed by atoms with Crippen LogP contribution in [0.15, 0.2) is 22.1 Å². The van der Waals surface area contributed by atoms with Crippen molar-refractivity contribution in [1.82, 2.24) is 5.32 Å². The number of allylic oxidation sites excluding steroid dienone is 2. The Morgan fingerprint density at radius 1 is 1.53 bits per heavy atom. The summed E-state index contributed by atoms with van der Waals surface area (Å²) in [4.78, 5) is 13.0. The first kappa shape index (κ1) is 16.5. The molecule has 2 N–H and O–H groups in total. The number of carbonyl (C=O) groups is 1. The van der Waals surface area contributed by atoms with Gasteiger partial charge in [0.05, 0.1) is 11.0 Å². The molecule has 3 atom stereocenters. The molecule has 4 heteroatoms. The Kier molecular flexibility index (Phi) is 6.30. The number of nitrogens with one attached hydrogen (secondary N) is 1. The molecular weight excluding hydrogens is 258 g/mol. The maximum absolute atomic E-state index is 12.3. The van der Waals surface area contributed by atoms with Gasteiger partial charge in [-0.2, -0.15) is 0 Å². The summed E-state index contributed by atoms with van der Waals surface area (Å²) in [7, 11) is 1.91. The van der Waals surface area contributed by atoms with Crippen molar-refractivity contribution >= 4 is 17.5 Å². The minimum atomic E-state index is -0.506. The Bertz CT molecular complexity index is 401. The summed E-state index contributed by atoms with van der Waals surface area (Å²) in [5.74, 6) is 0.0648. The Labute approximate surface area is 120 Å². The zero-order valence-electron chi connectivity index (χ0n) is 12.5. The molecule has 0 aliphatic heterocycles. The molecule has 0 saturated heterocycles. The van der Waals surface area contributed by atoms with Gasteiger partial charge in [-0.1, -0.05) is 18.6 Å². The monoisotopic (exact) mass is 283 g/mol. The predicted octanol–water partition coefficient (Wildman–Crippen LogP) is 2.38. The zero-order valence-corrected chi connectivity index (χ0v) is 13.3. The third kappa shape index (κ3) is 3.71. The molecule has 1 aliphatic rings. The van der Waals surface area contributed by atoms with Gasteiger partial charge in [-0.15, -0.1) is 11.8 Å². The van der Waals surface area contributed by atoms with E-state index in [1.54, 1.807) is 0 Å². The Morgan fingerprint density at radius 2 is 2.16 bits per heavy atom. The summed E-state index contributed by atoms with van der Waals surface area (Å²) in [5.41, 5.74) is 2.08.